The molecule has 0 bridgehead atoms. The molecule has 0 aliphatic carbocycles. The van der Waals surface area contributed by atoms with Crippen molar-refractivity contribution in [2.45, 2.75) is 16.0 Å². The number of carbonyl (C=O) groups excluding carboxylic acids is 2. The van der Waals surface area contributed by atoms with E-state index >= 15 is 0 Å². The number of carbonyl (C=O) groups is 2. The van der Waals surface area contributed by atoms with Crippen molar-refractivity contribution < 1.29 is 22.8 Å². The second-order valence-corrected chi connectivity index (χ2v) is 8.02. The fourth-order valence-electron chi connectivity index (χ4n) is 2.57. The van der Waals surface area contributed by atoms with Crippen LogP contribution in [-0.4, -0.2) is 24.5 Å². The van der Waals surface area contributed by atoms with Crippen molar-refractivity contribution in [2.24, 2.45) is 0 Å². The average molecular weight is 481 g/mol. The number of nitrogens with one attached hydrogen (secondary N) is 2. The van der Waals surface area contributed by atoms with E-state index in [-0.39, 0.29) is 5.69 Å². The van der Waals surface area contributed by atoms with Crippen molar-refractivity contribution in [2.75, 3.05) is 22.6 Å². The zero-order chi connectivity index (χ0) is 23.3. The third kappa shape index (κ3) is 6.14. The maximum absolute atomic E-state index is 13.0. The van der Waals surface area contributed by atoms with Gasteiger partial charge < -0.3 is 15.5 Å². The second-order valence-electron chi connectivity index (χ2n) is 6.46. The first-order valence-electron chi connectivity index (χ1n) is 9.02. The molecule has 2 N–H and O–H groups in total. The molecule has 6 nitrogen and oxygen atoms in total. The predicted octanol–water partition coefficient (Wildman–Crippen LogP) is 6.14. The highest BCUT2D eigenvalue weighted by atomic mass is 35.5. The van der Waals surface area contributed by atoms with E-state index in [2.05, 4.69) is 15.6 Å². The van der Waals surface area contributed by atoms with Crippen LogP contribution in [0.2, 0.25) is 5.02 Å². The van der Waals surface area contributed by atoms with E-state index in [0.717, 1.165) is 21.9 Å². The van der Waals surface area contributed by atoms with Crippen molar-refractivity contribution >= 4 is 53.0 Å². The lowest BCUT2D eigenvalue weighted by Crippen LogP contribution is -2.19. The van der Waals surface area contributed by atoms with Gasteiger partial charge in [0, 0.05) is 34.4 Å². The molecule has 0 radical (unpaired) electrons. The van der Waals surface area contributed by atoms with E-state index in [9.17, 15) is 22.8 Å². The van der Waals surface area contributed by atoms with Crippen LogP contribution in [-0.2, 0) is 11.0 Å². The van der Waals surface area contributed by atoms with E-state index in [1.54, 1.807) is 49.6 Å². The SMILES string of the molecule is CN(C=O)c1cc(Sc2ccc(NC(=O)Nc3ccc(Cl)c(C(F)(F)F)c3)cc2)ccn1. The molecule has 11 heteroatoms. The fraction of sp³-hybridized carbons (Fsp3) is 0.0952. The minimum absolute atomic E-state index is 0.0415. The Hall–Kier alpha value is -3.24. The molecule has 3 rings (SSSR count). The van der Waals surface area contributed by atoms with Gasteiger partial charge in [-0.25, -0.2) is 9.78 Å². The average Bonchev–Trinajstić information content (AvgIpc) is 2.75. The number of pyridine rings is 1. The molecule has 0 fully saturated rings. The van der Waals surface area contributed by atoms with Gasteiger partial charge in [0.25, 0.3) is 0 Å². The van der Waals surface area contributed by atoms with Crippen LogP contribution < -0.4 is 15.5 Å². The molecule has 3 amide bonds. The van der Waals surface area contributed by atoms with Gasteiger partial charge in [-0.15, -0.1) is 0 Å². The molecule has 32 heavy (non-hydrogen) atoms. The Balaban J connectivity index is 1.62. The molecule has 0 spiro atoms. The zero-order valence-corrected chi connectivity index (χ0v) is 18.1. The highest BCUT2D eigenvalue weighted by Crippen LogP contribution is 2.36. The van der Waals surface area contributed by atoms with Gasteiger partial charge in [-0.1, -0.05) is 23.4 Å². The lowest BCUT2D eigenvalue weighted by Gasteiger charge is -2.12. The summed E-state index contributed by atoms with van der Waals surface area (Å²) in [6, 6.07) is 12.8. The normalized spacial score (nSPS) is 11.0. The Morgan fingerprint density at radius 2 is 1.69 bits per heavy atom. The summed E-state index contributed by atoms with van der Waals surface area (Å²) in [5.41, 5.74) is -0.620. The second kappa shape index (κ2) is 9.92. The van der Waals surface area contributed by atoms with Gasteiger partial charge in [0.1, 0.15) is 5.82 Å². The van der Waals surface area contributed by atoms with E-state index in [1.807, 2.05) is 0 Å². The Morgan fingerprint density at radius 3 is 2.34 bits per heavy atom. The molecular formula is C21H16ClF3N4O2S. The van der Waals surface area contributed by atoms with Crippen LogP contribution in [0.4, 0.5) is 35.2 Å². The van der Waals surface area contributed by atoms with Crippen molar-refractivity contribution in [3.05, 3.63) is 71.4 Å². The lowest BCUT2D eigenvalue weighted by atomic mass is 10.2. The number of alkyl halides is 3. The molecule has 0 saturated heterocycles. The number of benzene rings is 2. The van der Waals surface area contributed by atoms with Crippen molar-refractivity contribution in [3.63, 3.8) is 0 Å². The monoisotopic (exact) mass is 480 g/mol. The molecule has 0 aliphatic heterocycles. The molecule has 166 valence electrons. The number of nitrogens with zero attached hydrogens (tertiary/aromatic N) is 2. The maximum Gasteiger partial charge on any atom is 0.417 e. The van der Waals surface area contributed by atoms with Crippen LogP contribution >= 0.6 is 23.4 Å². The van der Waals surface area contributed by atoms with E-state index in [1.165, 1.54) is 22.7 Å². The molecular weight excluding hydrogens is 465 g/mol. The maximum atomic E-state index is 13.0. The molecule has 1 heterocycles. The number of hydrogen-bond acceptors (Lipinski definition) is 4. The summed E-state index contributed by atoms with van der Waals surface area (Å²) in [5, 5.41) is 4.46. The Bertz CT molecular complexity index is 1130. The van der Waals surface area contributed by atoms with Crippen molar-refractivity contribution in [1.29, 1.82) is 0 Å². The standard InChI is InChI=1S/C21H16ClF3N4O2S/c1-29(12-30)19-11-16(8-9-26-19)32-15-5-2-13(3-6-15)27-20(31)28-14-4-7-18(22)17(10-14)21(23,24)25/h2-12H,1H3,(H2,27,28,31). The van der Waals surface area contributed by atoms with Gasteiger partial charge in [-0.05, 0) is 54.6 Å². The van der Waals surface area contributed by atoms with Crippen molar-refractivity contribution in [1.82, 2.24) is 4.98 Å². The minimum atomic E-state index is -4.63. The minimum Gasteiger partial charge on any atom is -0.308 e. The summed E-state index contributed by atoms with van der Waals surface area (Å²) in [5.74, 6) is 0.510. The number of amides is 3. The summed E-state index contributed by atoms with van der Waals surface area (Å²) < 4.78 is 38.9. The lowest BCUT2D eigenvalue weighted by molar-refractivity contribution is -0.137. The zero-order valence-electron chi connectivity index (χ0n) is 16.5. The summed E-state index contributed by atoms with van der Waals surface area (Å²) >= 11 is 7.01. The Labute approximate surface area is 190 Å². The van der Waals surface area contributed by atoms with Gasteiger partial charge in [-0.3, -0.25) is 4.79 Å². The third-order valence-corrected chi connectivity index (χ3v) is 5.44. The van der Waals surface area contributed by atoms with Crippen LogP contribution in [0.1, 0.15) is 5.56 Å². The highest BCUT2D eigenvalue weighted by Gasteiger charge is 2.33. The Kier molecular flexibility index (Phi) is 7.26. The number of hydrogen-bond donors (Lipinski definition) is 2. The van der Waals surface area contributed by atoms with Crippen LogP contribution in [0.5, 0.6) is 0 Å². The molecule has 3 aromatic rings. The molecule has 0 saturated carbocycles. The van der Waals surface area contributed by atoms with Gasteiger partial charge in [0.15, 0.2) is 0 Å². The van der Waals surface area contributed by atoms with E-state index < -0.39 is 22.8 Å². The van der Waals surface area contributed by atoms with Crippen LogP contribution in [0.15, 0.2) is 70.6 Å². The summed E-state index contributed by atoms with van der Waals surface area (Å²) in [4.78, 5) is 30.2. The largest absolute Gasteiger partial charge is 0.417 e. The molecule has 0 atom stereocenters. The van der Waals surface area contributed by atoms with Gasteiger partial charge >= 0.3 is 12.2 Å². The summed E-state index contributed by atoms with van der Waals surface area (Å²) in [7, 11) is 1.60. The molecule has 1 aromatic heterocycles. The fourth-order valence-corrected chi connectivity index (χ4v) is 3.63. The summed E-state index contributed by atoms with van der Waals surface area (Å²) in [6.07, 6.45) is -2.37. The summed E-state index contributed by atoms with van der Waals surface area (Å²) in [6.45, 7) is 0. The van der Waals surface area contributed by atoms with Crippen LogP contribution in [0.3, 0.4) is 0 Å². The number of halogens is 4. The smallest absolute Gasteiger partial charge is 0.308 e. The first-order valence-corrected chi connectivity index (χ1v) is 10.2. The van der Waals surface area contributed by atoms with E-state index in [4.69, 9.17) is 11.6 Å². The first-order chi connectivity index (χ1) is 15.2. The van der Waals surface area contributed by atoms with Crippen molar-refractivity contribution in [3.8, 4) is 0 Å². The van der Waals surface area contributed by atoms with Crippen LogP contribution in [0, 0.1) is 0 Å². The topological polar surface area (TPSA) is 74.3 Å². The van der Waals surface area contributed by atoms with Gasteiger partial charge in [-0.2, -0.15) is 13.2 Å². The first kappa shape index (κ1) is 23.4. The number of anilines is 3. The van der Waals surface area contributed by atoms with Crippen LogP contribution in [0.25, 0.3) is 0 Å². The third-order valence-electron chi connectivity index (χ3n) is 4.11. The quantitative estimate of drug-likeness (QED) is 0.415. The predicted molar refractivity (Wildman–Crippen MR) is 118 cm³/mol. The highest BCUT2D eigenvalue weighted by molar-refractivity contribution is 7.99. The Morgan fingerprint density at radius 1 is 1.03 bits per heavy atom. The number of urea groups is 1. The van der Waals surface area contributed by atoms with Gasteiger partial charge in [0.2, 0.25) is 6.41 Å². The molecule has 0 unspecified atom stereocenters. The number of rotatable bonds is 6. The van der Waals surface area contributed by atoms with Gasteiger partial charge in [0.05, 0.1) is 10.6 Å². The molecule has 0 aliphatic rings. The number of aromatic nitrogens is 1. The van der Waals surface area contributed by atoms with E-state index in [0.29, 0.717) is 17.9 Å². The molecule has 2 aromatic carbocycles.